The van der Waals surface area contributed by atoms with E-state index < -0.39 is 5.66 Å². The van der Waals surface area contributed by atoms with Crippen LogP contribution in [0.5, 0.6) is 11.5 Å². The Kier molecular flexibility index (Phi) is 5.59. The minimum Gasteiger partial charge on any atom is -0.493 e. The Balaban J connectivity index is 1.42. The summed E-state index contributed by atoms with van der Waals surface area (Å²) in [5, 5.41) is 3.28. The van der Waals surface area contributed by atoms with Crippen molar-refractivity contribution in [2.45, 2.75) is 45.4 Å². The summed E-state index contributed by atoms with van der Waals surface area (Å²) in [6.45, 7) is 9.39. The van der Waals surface area contributed by atoms with E-state index in [2.05, 4.69) is 92.5 Å². The predicted octanol–water partition coefficient (Wildman–Crippen LogP) is 5.53. The fourth-order valence-electron chi connectivity index (χ4n) is 5.26. The minimum atomic E-state index is -0.631. The van der Waals surface area contributed by atoms with Gasteiger partial charge in [-0.05, 0) is 54.8 Å². The average Bonchev–Trinajstić information content (AvgIpc) is 3.27. The quantitative estimate of drug-likeness (QED) is 0.517. The Morgan fingerprint density at radius 2 is 1.71 bits per heavy atom. The third-order valence-corrected chi connectivity index (χ3v) is 7.35. The molecule has 1 atom stereocenters. The van der Waals surface area contributed by atoms with Crippen molar-refractivity contribution in [2.24, 2.45) is 0 Å². The van der Waals surface area contributed by atoms with Crippen LogP contribution in [0.1, 0.15) is 41.7 Å². The predicted molar refractivity (Wildman–Crippen MR) is 140 cm³/mol. The van der Waals surface area contributed by atoms with Crippen molar-refractivity contribution >= 4 is 17.7 Å². The molecule has 180 valence electrons. The van der Waals surface area contributed by atoms with Gasteiger partial charge in [-0.25, -0.2) is 0 Å². The molecule has 2 aliphatic heterocycles. The van der Waals surface area contributed by atoms with E-state index in [0.29, 0.717) is 24.7 Å². The molecule has 2 aliphatic rings. The Labute approximate surface area is 207 Å². The summed E-state index contributed by atoms with van der Waals surface area (Å²) in [4.78, 5) is 14.8. The second-order valence-corrected chi connectivity index (χ2v) is 10.1. The molecule has 5 nitrogen and oxygen atoms in total. The van der Waals surface area contributed by atoms with Crippen molar-refractivity contribution in [3.05, 3.63) is 94.6 Å². The number of fused-ring (bicyclic) bond motifs is 3. The van der Waals surface area contributed by atoms with Gasteiger partial charge in [-0.2, -0.15) is 0 Å². The third-order valence-electron chi connectivity index (χ3n) is 7.35. The topological polar surface area (TPSA) is 50.8 Å². The molecule has 0 unspecified atom stereocenters. The molecule has 1 fully saturated rings. The molecule has 0 radical (unpaired) electrons. The van der Waals surface area contributed by atoms with Crippen LogP contribution in [-0.2, 0) is 16.8 Å². The first-order chi connectivity index (χ1) is 16.7. The number of carbonyl (C=O) groups excluding carboxylic acids is 1. The Bertz CT molecular complexity index is 1310. The van der Waals surface area contributed by atoms with Crippen molar-refractivity contribution in [3.8, 4) is 11.5 Å². The van der Waals surface area contributed by atoms with Crippen LogP contribution in [-0.4, -0.2) is 25.2 Å². The highest BCUT2D eigenvalue weighted by atomic mass is 16.5. The number of aryl methyl sites for hydroxylation is 2. The van der Waals surface area contributed by atoms with Gasteiger partial charge in [0.15, 0.2) is 11.5 Å². The van der Waals surface area contributed by atoms with Crippen LogP contribution >= 0.6 is 0 Å². The summed E-state index contributed by atoms with van der Waals surface area (Å²) >= 11 is 0. The van der Waals surface area contributed by atoms with Gasteiger partial charge in [0.05, 0.1) is 13.7 Å². The smallest absolute Gasteiger partial charge is 0.241 e. The van der Waals surface area contributed by atoms with Gasteiger partial charge in [0.2, 0.25) is 5.91 Å². The number of benzene rings is 3. The van der Waals surface area contributed by atoms with E-state index in [-0.39, 0.29) is 11.3 Å². The van der Waals surface area contributed by atoms with Gasteiger partial charge in [0.25, 0.3) is 0 Å². The molecule has 2 heterocycles. The molecule has 5 rings (SSSR count). The lowest BCUT2D eigenvalue weighted by Gasteiger charge is -2.40. The highest BCUT2D eigenvalue weighted by Crippen LogP contribution is 2.53. The summed E-state index contributed by atoms with van der Waals surface area (Å²) in [5.41, 5.74) is 5.95. The Morgan fingerprint density at radius 1 is 0.971 bits per heavy atom. The van der Waals surface area contributed by atoms with Crippen molar-refractivity contribution in [3.63, 3.8) is 0 Å². The molecule has 1 saturated heterocycles. The standard InChI is InChI=1S/C30H32N2O3/c1-20-6-9-23(10-7-20)19-35-26-13-11-22(17-27(26)34-5)14-15-30-29(3,4)24-16-21(2)8-12-25(24)32(30)18-28(33)31-30/h6-17H,18-19H2,1-5H3,(H,31,33)/b15-14+/t30-/m0/s1. The first-order valence-corrected chi connectivity index (χ1v) is 12.0. The summed E-state index contributed by atoms with van der Waals surface area (Å²) in [7, 11) is 1.65. The average molecular weight is 469 g/mol. The van der Waals surface area contributed by atoms with Gasteiger partial charge in [-0.3, -0.25) is 4.79 Å². The molecule has 0 bridgehead atoms. The third kappa shape index (κ3) is 3.85. The summed E-state index contributed by atoms with van der Waals surface area (Å²) < 4.78 is 11.7. The molecular weight excluding hydrogens is 436 g/mol. The van der Waals surface area contributed by atoms with Crippen molar-refractivity contribution < 1.29 is 14.3 Å². The second kappa shape index (κ2) is 8.49. The van der Waals surface area contributed by atoms with Crippen LogP contribution in [0.2, 0.25) is 0 Å². The molecule has 5 heteroatoms. The number of rotatable bonds is 6. The molecule has 1 amide bonds. The lowest BCUT2D eigenvalue weighted by Crippen LogP contribution is -2.58. The van der Waals surface area contributed by atoms with E-state index in [1.165, 1.54) is 16.7 Å². The Hall–Kier alpha value is -3.73. The van der Waals surface area contributed by atoms with E-state index in [9.17, 15) is 4.79 Å². The maximum absolute atomic E-state index is 12.6. The van der Waals surface area contributed by atoms with Gasteiger partial charge < -0.3 is 19.7 Å². The van der Waals surface area contributed by atoms with E-state index >= 15 is 0 Å². The lowest BCUT2D eigenvalue weighted by atomic mass is 9.75. The Morgan fingerprint density at radius 3 is 2.46 bits per heavy atom. The number of ether oxygens (including phenoxy) is 2. The normalized spacial score (nSPS) is 20.0. The van der Waals surface area contributed by atoms with Gasteiger partial charge >= 0.3 is 0 Å². The van der Waals surface area contributed by atoms with E-state index in [1.807, 2.05) is 18.2 Å². The minimum absolute atomic E-state index is 0.0337. The first kappa shape index (κ1) is 23.0. The fraction of sp³-hybridized carbons (Fsp3) is 0.300. The highest BCUT2D eigenvalue weighted by molar-refractivity contribution is 5.91. The number of anilines is 1. The van der Waals surface area contributed by atoms with Crippen LogP contribution in [0, 0.1) is 13.8 Å². The molecule has 3 aromatic rings. The number of carbonyl (C=O) groups is 1. The van der Waals surface area contributed by atoms with E-state index in [0.717, 1.165) is 16.8 Å². The molecular formula is C30H32N2O3. The van der Waals surface area contributed by atoms with Gasteiger partial charge in [-0.15, -0.1) is 0 Å². The summed E-state index contributed by atoms with van der Waals surface area (Å²) in [5.74, 6) is 1.41. The van der Waals surface area contributed by atoms with Gasteiger partial charge in [-0.1, -0.05) is 73.5 Å². The largest absolute Gasteiger partial charge is 0.493 e. The summed E-state index contributed by atoms with van der Waals surface area (Å²) in [6.07, 6.45) is 4.18. The summed E-state index contributed by atoms with van der Waals surface area (Å²) in [6, 6.07) is 20.7. The maximum Gasteiger partial charge on any atom is 0.241 e. The van der Waals surface area contributed by atoms with E-state index in [4.69, 9.17) is 9.47 Å². The van der Waals surface area contributed by atoms with Crippen LogP contribution in [0.15, 0.2) is 66.7 Å². The van der Waals surface area contributed by atoms with Gasteiger partial charge in [0.1, 0.15) is 12.3 Å². The fourth-order valence-corrected chi connectivity index (χ4v) is 5.26. The maximum atomic E-state index is 12.6. The van der Waals surface area contributed by atoms with Gasteiger partial charge in [0, 0.05) is 11.1 Å². The van der Waals surface area contributed by atoms with Crippen molar-refractivity contribution in [2.75, 3.05) is 18.6 Å². The lowest BCUT2D eigenvalue weighted by molar-refractivity contribution is -0.118. The second-order valence-electron chi connectivity index (χ2n) is 10.1. The molecule has 1 N–H and O–H groups in total. The molecule has 0 spiro atoms. The number of nitrogens with one attached hydrogen (secondary N) is 1. The van der Waals surface area contributed by atoms with Crippen LogP contribution < -0.4 is 19.7 Å². The van der Waals surface area contributed by atoms with Crippen LogP contribution in [0.3, 0.4) is 0 Å². The number of amides is 1. The SMILES string of the molecule is COc1cc(/C=C/[C@]23NC(=O)CN2c2ccc(C)cc2C3(C)C)ccc1OCc1ccc(C)cc1. The molecule has 0 saturated carbocycles. The zero-order valence-electron chi connectivity index (χ0n) is 21.0. The number of hydrogen-bond donors (Lipinski definition) is 1. The zero-order valence-corrected chi connectivity index (χ0v) is 21.0. The first-order valence-electron chi connectivity index (χ1n) is 12.0. The monoisotopic (exact) mass is 468 g/mol. The highest BCUT2D eigenvalue weighted by Gasteiger charge is 2.59. The number of methoxy groups -OCH3 is 1. The molecule has 0 aromatic heterocycles. The van der Waals surface area contributed by atoms with Crippen LogP contribution in [0.4, 0.5) is 5.69 Å². The van der Waals surface area contributed by atoms with Crippen molar-refractivity contribution in [1.82, 2.24) is 5.32 Å². The number of hydrogen-bond acceptors (Lipinski definition) is 4. The molecule has 3 aromatic carbocycles. The van der Waals surface area contributed by atoms with E-state index in [1.54, 1.807) is 7.11 Å². The van der Waals surface area contributed by atoms with Crippen molar-refractivity contribution in [1.29, 1.82) is 0 Å². The van der Waals surface area contributed by atoms with Crippen LogP contribution in [0.25, 0.3) is 6.08 Å². The number of nitrogens with zero attached hydrogens (tertiary/aromatic N) is 1. The zero-order chi connectivity index (χ0) is 24.8. The molecule has 0 aliphatic carbocycles. The molecule has 35 heavy (non-hydrogen) atoms.